The number of hydrogen-bond acceptors (Lipinski definition) is 3. The second-order valence-corrected chi connectivity index (χ2v) is 6.15. The van der Waals surface area contributed by atoms with E-state index in [0.29, 0.717) is 12.3 Å². The molecule has 0 bridgehead atoms. The third-order valence-corrected chi connectivity index (χ3v) is 4.58. The average molecular weight is 287 g/mol. The number of hydrogen-bond donors (Lipinski definition) is 1. The van der Waals surface area contributed by atoms with Crippen molar-refractivity contribution in [2.24, 2.45) is 0 Å². The molecule has 0 aliphatic carbocycles. The molecule has 21 heavy (non-hydrogen) atoms. The zero-order chi connectivity index (χ0) is 14.7. The Kier molecular flexibility index (Phi) is 4.44. The topological polar surface area (TPSA) is 35.6 Å². The Labute approximate surface area is 127 Å². The van der Waals surface area contributed by atoms with Crippen molar-refractivity contribution in [1.29, 1.82) is 0 Å². The summed E-state index contributed by atoms with van der Waals surface area (Å²) in [7, 11) is 2.15. The molecule has 2 aliphatic rings. The number of carbonyl (C=O) groups is 1. The van der Waals surface area contributed by atoms with Crippen LogP contribution in [-0.4, -0.2) is 44.0 Å². The zero-order valence-corrected chi connectivity index (χ0v) is 12.9. The van der Waals surface area contributed by atoms with Gasteiger partial charge < -0.3 is 15.1 Å². The molecule has 2 aliphatic heterocycles. The van der Waals surface area contributed by atoms with Crippen LogP contribution in [0.1, 0.15) is 30.4 Å². The van der Waals surface area contributed by atoms with Gasteiger partial charge in [-0.15, -0.1) is 0 Å². The normalized spacial score (nSPS) is 17.4. The van der Waals surface area contributed by atoms with Crippen LogP contribution >= 0.6 is 0 Å². The van der Waals surface area contributed by atoms with Gasteiger partial charge in [-0.2, -0.15) is 0 Å². The third kappa shape index (κ3) is 3.38. The van der Waals surface area contributed by atoms with Crippen LogP contribution in [0.25, 0.3) is 0 Å². The van der Waals surface area contributed by atoms with Gasteiger partial charge in [0.15, 0.2) is 0 Å². The lowest BCUT2D eigenvalue weighted by atomic mass is 10.1. The Balaban J connectivity index is 1.42. The van der Waals surface area contributed by atoms with Crippen molar-refractivity contribution in [1.82, 2.24) is 10.2 Å². The summed E-state index contributed by atoms with van der Waals surface area (Å²) in [5.41, 5.74) is 4.13. The second kappa shape index (κ2) is 6.48. The molecule has 1 N–H and O–H groups in total. The lowest BCUT2D eigenvalue weighted by molar-refractivity contribution is -0.130. The van der Waals surface area contributed by atoms with Crippen LogP contribution in [0.4, 0.5) is 5.69 Å². The lowest BCUT2D eigenvalue weighted by Gasteiger charge is -2.15. The van der Waals surface area contributed by atoms with Crippen molar-refractivity contribution in [3.63, 3.8) is 0 Å². The Morgan fingerprint density at radius 2 is 2.05 bits per heavy atom. The first-order valence-corrected chi connectivity index (χ1v) is 8.05. The van der Waals surface area contributed by atoms with Gasteiger partial charge in [-0.1, -0.05) is 12.1 Å². The Bertz CT molecular complexity index is 509. The van der Waals surface area contributed by atoms with Gasteiger partial charge in [-0.05, 0) is 36.5 Å². The van der Waals surface area contributed by atoms with Crippen LogP contribution in [0.5, 0.6) is 0 Å². The van der Waals surface area contributed by atoms with Crippen molar-refractivity contribution in [2.75, 3.05) is 38.1 Å². The Hall–Kier alpha value is -1.55. The number of anilines is 1. The minimum absolute atomic E-state index is 0.301. The van der Waals surface area contributed by atoms with Gasteiger partial charge in [0.25, 0.3) is 0 Å². The highest BCUT2D eigenvalue weighted by Gasteiger charge is 2.17. The van der Waals surface area contributed by atoms with Crippen molar-refractivity contribution in [3.8, 4) is 0 Å². The first kappa shape index (κ1) is 14.4. The van der Waals surface area contributed by atoms with Gasteiger partial charge in [0.1, 0.15) is 0 Å². The van der Waals surface area contributed by atoms with E-state index in [2.05, 4.69) is 35.5 Å². The molecule has 1 aromatic carbocycles. The predicted molar refractivity (Wildman–Crippen MR) is 85.6 cm³/mol. The van der Waals surface area contributed by atoms with Gasteiger partial charge in [0.05, 0.1) is 0 Å². The monoisotopic (exact) mass is 287 g/mol. The van der Waals surface area contributed by atoms with E-state index in [-0.39, 0.29) is 0 Å². The Morgan fingerprint density at radius 3 is 2.86 bits per heavy atom. The maximum absolute atomic E-state index is 11.9. The largest absolute Gasteiger partial charge is 0.374 e. The minimum Gasteiger partial charge on any atom is -0.374 e. The van der Waals surface area contributed by atoms with Crippen LogP contribution in [0.15, 0.2) is 18.2 Å². The van der Waals surface area contributed by atoms with Crippen molar-refractivity contribution in [2.45, 2.75) is 32.2 Å². The molecule has 114 valence electrons. The van der Waals surface area contributed by atoms with E-state index in [4.69, 9.17) is 0 Å². The van der Waals surface area contributed by atoms with E-state index in [1.54, 1.807) is 0 Å². The highest BCUT2D eigenvalue weighted by Crippen LogP contribution is 2.27. The number of carbonyl (C=O) groups excluding carboxylic acids is 1. The molecule has 1 aromatic rings. The number of likely N-dealkylation sites (tertiary alicyclic amines) is 1. The van der Waals surface area contributed by atoms with E-state index in [9.17, 15) is 4.79 Å². The molecule has 3 rings (SSSR count). The van der Waals surface area contributed by atoms with Crippen molar-refractivity contribution < 1.29 is 4.79 Å². The minimum atomic E-state index is 0.301. The Morgan fingerprint density at radius 1 is 1.24 bits per heavy atom. The van der Waals surface area contributed by atoms with Crippen molar-refractivity contribution >= 4 is 11.6 Å². The van der Waals surface area contributed by atoms with Crippen molar-refractivity contribution in [3.05, 3.63) is 29.3 Å². The van der Waals surface area contributed by atoms with Crippen LogP contribution in [0.3, 0.4) is 0 Å². The maximum Gasteiger partial charge on any atom is 0.223 e. The molecular formula is C17H25N3O. The summed E-state index contributed by atoms with van der Waals surface area (Å²) in [5.74, 6) is 0.301. The SMILES string of the molecule is CN1CCc2cc(CNCCC(=O)N3CCCC3)ccc21. The quantitative estimate of drug-likeness (QED) is 0.839. The zero-order valence-electron chi connectivity index (χ0n) is 12.9. The van der Waals surface area contributed by atoms with Gasteiger partial charge in [-0.25, -0.2) is 0 Å². The first-order chi connectivity index (χ1) is 10.2. The van der Waals surface area contributed by atoms with Crippen LogP contribution in [-0.2, 0) is 17.8 Å². The smallest absolute Gasteiger partial charge is 0.223 e. The summed E-state index contributed by atoms with van der Waals surface area (Å²) < 4.78 is 0. The summed E-state index contributed by atoms with van der Waals surface area (Å²) in [6.07, 6.45) is 4.10. The summed E-state index contributed by atoms with van der Waals surface area (Å²) in [5, 5.41) is 3.40. The number of rotatable bonds is 5. The summed E-state index contributed by atoms with van der Waals surface area (Å²) in [4.78, 5) is 16.2. The van der Waals surface area contributed by atoms with E-state index in [1.807, 2.05) is 4.90 Å². The molecule has 4 nitrogen and oxygen atoms in total. The summed E-state index contributed by atoms with van der Waals surface area (Å²) in [6, 6.07) is 6.71. The second-order valence-electron chi connectivity index (χ2n) is 6.15. The fourth-order valence-electron chi connectivity index (χ4n) is 3.28. The molecule has 2 heterocycles. The number of likely N-dealkylation sites (N-methyl/N-ethyl adjacent to an activating group) is 1. The van der Waals surface area contributed by atoms with E-state index in [1.165, 1.54) is 29.7 Å². The van der Waals surface area contributed by atoms with Gasteiger partial charge in [-0.3, -0.25) is 4.79 Å². The first-order valence-electron chi connectivity index (χ1n) is 8.05. The molecule has 0 atom stereocenters. The predicted octanol–water partition coefficient (Wildman–Crippen LogP) is 1.78. The molecular weight excluding hydrogens is 262 g/mol. The highest BCUT2D eigenvalue weighted by atomic mass is 16.2. The fourth-order valence-corrected chi connectivity index (χ4v) is 3.28. The van der Waals surface area contributed by atoms with Gasteiger partial charge in [0.2, 0.25) is 5.91 Å². The average Bonchev–Trinajstić information content (AvgIpc) is 3.14. The number of benzene rings is 1. The molecule has 0 unspecified atom stereocenters. The van der Waals surface area contributed by atoms with Gasteiger partial charge in [0, 0.05) is 51.9 Å². The lowest BCUT2D eigenvalue weighted by Crippen LogP contribution is -2.30. The number of amides is 1. The molecule has 1 fully saturated rings. The fraction of sp³-hybridized carbons (Fsp3) is 0.588. The summed E-state index contributed by atoms with van der Waals surface area (Å²) in [6.45, 7) is 4.65. The van der Waals surface area contributed by atoms with Gasteiger partial charge >= 0.3 is 0 Å². The highest BCUT2D eigenvalue weighted by molar-refractivity contribution is 5.76. The standard InChI is InChI=1S/C17H25N3O/c1-19-11-7-15-12-14(4-5-16(15)19)13-18-8-6-17(21)20-9-2-3-10-20/h4-5,12,18H,2-3,6-11,13H2,1H3. The molecule has 4 heteroatoms. The number of fused-ring (bicyclic) bond motifs is 1. The van der Waals surface area contributed by atoms with Crippen LogP contribution in [0.2, 0.25) is 0 Å². The number of nitrogens with zero attached hydrogens (tertiary/aromatic N) is 2. The summed E-state index contributed by atoms with van der Waals surface area (Å²) >= 11 is 0. The maximum atomic E-state index is 11.9. The van der Waals surface area contributed by atoms with E-state index < -0.39 is 0 Å². The molecule has 0 spiro atoms. The van der Waals surface area contributed by atoms with Crippen LogP contribution < -0.4 is 10.2 Å². The molecule has 1 saturated heterocycles. The number of nitrogens with one attached hydrogen (secondary N) is 1. The molecule has 0 saturated carbocycles. The molecule has 1 amide bonds. The molecule has 0 aromatic heterocycles. The molecule has 0 radical (unpaired) electrons. The van der Waals surface area contributed by atoms with E-state index in [0.717, 1.165) is 39.1 Å². The third-order valence-electron chi connectivity index (χ3n) is 4.58. The van der Waals surface area contributed by atoms with E-state index >= 15 is 0 Å². The van der Waals surface area contributed by atoms with Crippen LogP contribution in [0, 0.1) is 0 Å².